The first-order chi connectivity index (χ1) is 42.8. The van der Waals surface area contributed by atoms with E-state index in [1.54, 1.807) is 0 Å². The zero-order valence-electron chi connectivity index (χ0n) is 56.5. The molecular weight excluding hydrogens is 1100 g/mol. The molecule has 87 heavy (non-hydrogen) atoms. The van der Waals surface area contributed by atoms with Gasteiger partial charge in [-0.05, 0) is 96.3 Å². The van der Waals surface area contributed by atoms with Crippen molar-refractivity contribution in [2.75, 3.05) is 26.4 Å². The molecule has 2 atom stereocenters. The summed E-state index contributed by atoms with van der Waals surface area (Å²) in [6.07, 6.45) is 99.1. The normalized spacial score (nSPS) is 13.6. The van der Waals surface area contributed by atoms with Gasteiger partial charge in [0.2, 0.25) is 0 Å². The van der Waals surface area contributed by atoms with Crippen LogP contribution in [0.15, 0.2) is 109 Å². The monoisotopic (exact) mass is 1230 g/mol. The lowest BCUT2D eigenvalue weighted by atomic mass is 10.0. The number of rotatable bonds is 68. The number of nitrogens with two attached hydrogens (primary N) is 1. The highest BCUT2D eigenvalue weighted by molar-refractivity contribution is 7.47. The molecule has 0 heterocycles. The fraction of sp³-hybridized carbons (Fsp3) is 0.740. The van der Waals surface area contributed by atoms with Crippen LogP contribution in [0.25, 0.3) is 0 Å². The highest BCUT2D eigenvalue weighted by Crippen LogP contribution is 2.43. The minimum absolute atomic E-state index is 0.0519. The van der Waals surface area contributed by atoms with E-state index in [2.05, 4.69) is 123 Å². The Balaban J connectivity index is 3.81. The van der Waals surface area contributed by atoms with Crippen LogP contribution < -0.4 is 5.73 Å². The molecule has 0 aliphatic rings. The van der Waals surface area contributed by atoms with Crippen molar-refractivity contribution in [3.05, 3.63) is 109 Å². The molecular formula is C77H136NO8P. The molecule has 2 unspecified atom stereocenters. The molecule has 9 nitrogen and oxygen atoms in total. The van der Waals surface area contributed by atoms with Crippen LogP contribution in [-0.4, -0.2) is 49.3 Å². The molecule has 0 spiro atoms. The molecule has 10 heteroatoms. The lowest BCUT2D eigenvalue weighted by Gasteiger charge is -2.19. The maximum Gasteiger partial charge on any atom is 0.472 e. The Labute approximate surface area is 537 Å². The molecule has 0 bridgehead atoms. The zero-order chi connectivity index (χ0) is 63.0. The number of esters is 2. The van der Waals surface area contributed by atoms with Crippen molar-refractivity contribution in [3.63, 3.8) is 0 Å². The highest BCUT2D eigenvalue weighted by Gasteiger charge is 2.26. The second-order valence-electron chi connectivity index (χ2n) is 24.0. The van der Waals surface area contributed by atoms with Gasteiger partial charge in [0.1, 0.15) is 6.61 Å². The van der Waals surface area contributed by atoms with Crippen LogP contribution in [0.3, 0.4) is 0 Å². The SMILES string of the molecule is CC/C=C\C/C=C\C/C=C\C/C=C\C/C=C\CCCCCCCCCCCCCCCCCCCCCCCCCC(=O)OC(COC(=O)CCCCCCCCCCCCCCCC/C=C\C/C=C\C/C=C\C/C=C\CC)COP(=O)(O)OCCN. The predicted molar refractivity (Wildman–Crippen MR) is 376 cm³/mol. The number of carbonyl (C=O) groups is 2. The Kier molecular flexibility index (Phi) is 69.0. The van der Waals surface area contributed by atoms with Crippen molar-refractivity contribution in [1.29, 1.82) is 0 Å². The molecule has 0 aliphatic carbocycles. The van der Waals surface area contributed by atoms with Crippen molar-refractivity contribution in [1.82, 2.24) is 0 Å². The Morgan fingerprint density at radius 2 is 0.598 bits per heavy atom. The Morgan fingerprint density at radius 1 is 0.345 bits per heavy atom. The number of carbonyl (C=O) groups excluding carboxylic acids is 2. The van der Waals surface area contributed by atoms with Gasteiger partial charge in [0, 0.05) is 19.4 Å². The Hall–Kier alpha value is -3.33. The van der Waals surface area contributed by atoms with Crippen LogP contribution >= 0.6 is 7.82 Å². The van der Waals surface area contributed by atoms with Gasteiger partial charge in [0.05, 0.1) is 13.2 Å². The van der Waals surface area contributed by atoms with Gasteiger partial charge in [-0.3, -0.25) is 18.6 Å². The average Bonchev–Trinajstić information content (AvgIpc) is 3.64. The van der Waals surface area contributed by atoms with E-state index in [4.69, 9.17) is 24.3 Å². The minimum atomic E-state index is -4.40. The molecule has 0 saturated carbocycles. The van der Waals surface area contributed by atoms with Gasteiger partial charge < -0.3 is 20.1 Å². The fourth-order valence-corrected chi connectivity index (χ4v) is 11.1. The van der Waals surface area contributed by atoms with Crippen LogP contribution in [0.1, 0.15) is 335 Å². The van der Waals surface area contributed by atoms with Crippen molar-refractivity contribution >= 4 is 19.8 Å². The molecule has 3 N–H and O–H groups in total. The largest absolute Gasteiger partial charge is 0.472 e. The van der Waals surface area contributed by atoms with E-state index >= 15 is 0 Å². The van der Waals surface area contributed by atoms with E-state index < -0.39 is 26.5 Å². The first-order valence-electron chi connectivity index (χ1n) is 36.4. The number of allylic oxidation sites excluding steroid dienone is 18. The second-order valence-corrected chi connectivity index (χ2v) is 25.5. The molecule has 0 aliphatic heterocycles. The third kappa shape index (κ3) is 71.6. The molecule has 0 radical (unpaired) electrons. The summed E-state index contributed by atoms with van der Waals surface area (Å²) in [6, 6.07) is 0. The summed E-state index contributed by atoms with van der Waals surface area (Å²) in [4.78, 5) is 35.4. The molecule has 0 saturated heterocycles. The van der Waals surface area contributed by atoms with Gasteiger partial charge >= 0.3 is 19.8 Å². The van der Waals surface area contributed by atoms with E-state index in [1.807, 2.05) is 0 Å². The lowest BCUT2D eigenvalue weighted by molar-refractivity contribution is -0.161. The van der Waals surface area contributed by atoms with Crippen LogP contribution in [0.4, 0.5) is 0 Å². The van der Waals surface area contributed by atoms with Crippen molar-refractivity contribution < 1.29 is 37.6 Å². The van der Waals surface area contributed by atoms with Crippen LogP contribution in [0, 0.1) is 0 Å². The van der Waals surface area contributed by atoms with Gasteiger partial charge in [-0.15, -0.1) is 0 Å². The Bertz CT molecular complexity index is 1800. The van der Waals surface area contributed by atoms with E-state index in [-0.39, 0.29) is 38.6 Å². The topological polar surface area (TPSA) is 134 Å². The second kappa shape index (κ2) is 71.7. The maximum atomic E-state index is 12.8. The maximum absolute atomic E-state index is 12.8. The lowest BCUT2D eigenvalue weighted by Crippen LogP contribution is -2.29. The quantitative estimate of drug-likeness (QED) is 0.0264. The van der Waals surface area contributed by atoms with E-state index in [0.29, 0.717) is 6.42 Å². The molecule has 0 aromatic rings. The fourth-order valence-electron chi connectivity index (χ4n) is 10.4. The molecule has 502 valence electrons. The summed E-state index contributed by atoms with van der Waals surface area (Å²) in [5.74, 6) is -0.816. The average molecular weight is 1230 g/mol. The smallest absolute Gasteiger partial charge is 0.462 e. The van der Waals surface area contributed by atoms with Crippen molar-refractivity contribution in [2.24, 2.45) is 5.73 Å². The molecule has 0 aromatic heterocycles. The number of unbranched alkanes of at least 4 members (excludes halogenated alkanes) is 37. The summed E-state index contributed by atoms with van der Waals surface area (Å²) in [5.41, 5.74) is 5.41. The number of hydrogen-bond donors (Lipinski definition) is 2. The molecule has 0 fully saturated rings. The summed E-state index contributed by atoms with van der Waals surface area (Å²) >= 11 is 0. The first kappa shape index (κ1) is 83.7. The molecule has 0 aromatic carbocycles. The Morgan fingerprint density at radius 3 is 0.885 bits per heavy atom. The van der Waals surface area contributed by atoms with Crippen molar-refractivity contribution in [3.8, 4) is 0 Å². The summed E-state index contributed by atoms with van der Waals surface area (Å²) in [6.45, 7) is 3.56. The van der Waals surface area contributed by atoms with Crippen molar-refractivity contribution in [2.45, 2.75) is 341 Å². The summed E-state index contributed by atoms with van der Waals surface area (Å²) in [5, 5.41) is 0. The minimum Gasteiger partial charge on any atom is -0.462 e. The predicted octanol–water partition coefficient (Wildman–Crippen LogP) is 24.1. The number of phosphoric ester groups is 1. The number of ether oxygens (including phenoxy) is 2. The van der Waals surface area contributed by atoms with Gasteiger partial charge in [-0.25, -0.2) is 4.57 Å². The number of phosphoric acid groups is 1. The van der Waals surface area contributed by atoms with Gasteiger partial charge in [0.15, 0.2) is 6.10 Å². The van der Waals surface area contributed by atoms with Gasteiger partial charge in [-0.1, -0.05) is 335 Å². The standard InChI is InChI=1S/C77H136NO8P/c1-3-5-7-9-11-13-15-17-19-21-23-25-27-29-31-32-33-34-35-36-37-38-39-40-41-42-44-46-48-50-52-54-56-58-60-62-64-66-68-70-77(80)86-75(74-85-87(81,82)84-72-71-78)73-83-76(79)69-67-65-63-61-59-57-55-53-51-49-47-45-43-30-28-26-24-22-20-18-16-14-12-10-8-6-4-2/h5-8,11-14,17-20,23-26,29,31,75H,3-4,9-10,15-16,21-22,27-28,30,32-74,78H2,1-2H3,(H,81,82)/b7-5-,8-6-,13-11-,14-12-,19-17-,20-18-,25-23-,26-24-,31-29-. The first-order valence-corrected chi connectivity index (χ1v) is 37.9. The van der Waals surface area contributed by atoms with Crippen LogP contribution in [-0.2, 0) is 32.7 Å². The number of hydrogen-bond acceptors (Lipinski definition) is 8. The van der Waals surface area contributed by atoms with E-state index in [0.717, 1.165) is 89.9 Å². The van der Waals surface area contributed by atoms with E-state index in [9.17, 15) is 19.0 Å². The highest BCUT2D eigenvalue weighted by atomic mass is 31.2. The third-order valence-electron chi connectivity index (χ3n) is 15.7. The van der Waals surface area contributed by atoms with Crippen LogP contribution in [0.5, 0.6) is 0 Å². The zero-order valence-corrected chi connectivity index (χ0v) is 57.4. The van der Waals surface area contributed by atoms with Gasteiger partial charge in [0.25, 0.3) is 0 Å². The molecule has 0 rings (SSSR count). The molecule has 0 amide bonds. The summed E-state index contributed by atoms with van der Waals surface area (Å²) < 4.78 is 33.2. The summed E-state index contributed by atoms with van der Waals surface area (Å²) in [7, 11) is -4.40. The van der Waals surface area contributed by atoms with Crippen LogP contribution in [0.2, 0.25) is 0 Å². The third-order valence-corrected chi connectivity index (χ3v) is 16.6. The van der Waals surface area contributed by atoms with E-state index in [1.165, 1.54) is 212 Å². The van der Waals surface area contributed by atoms with Gasteiger partial charge in [-0.2, -0.15) is 0 Å².